The fourth-order valence-corrected chi connectivity index (χ4v) is 6.27. The highest BCUT2D eigenvalue weighted by atomic mass is 14.9. The number of fused-ring (bicyclic) bond motifs is 2. The maximum atomic E-state index is 9.29. The Morgan fingerprint density at radius 1 is 0.375 bits per heavy atom. The van der Waals surface area contributed by atoms with Crippen LogP contribution in [0.5, 0.6) is 0 Å². The van der Waals surface area contributed by atoms with E-state index in [2.05, 4.69) is 91.0 Å². The predicted octanol–water partition coefficient (Wildman–Crippen LogP) is 10.9. The van der Waals surface area contributed by atoms with Crippen molar-refractivity contribution in [3.8, 4) is 68.3 Å². The van der Waals surface area contributed by atoms with E-state index in [-0.39, 0.29) is 0 Å². The summed E-state index contributed by atoms with van der Waals surface area (Å²) in [5, 5.41) is 22.9. The second-order valence-corrected chi connectivity index (χ2v) is 11.7. The highest BCUT2D eigenvalue weighted by Gasteiger charge is 2.15. The van der Waals surface area contributed by atoms with Gasteiger partial charge in [0.1, 0.15) is 0 Å². The number of hydrogen-bond acceptors (Lipinski definition) is 4. The molecule has 222 valence electrons. The van der Waals surface area contributed by atoms with Crippen molar-refractivity contribution >= 4 is 21.5 Å². The molecule has 0 fully saturated rings. The van der Waals surface area contributed by atoms with E-state index in [4.69, 9.17) is 9.97 Å². The highest BCUT2D eigenvalue weighted by Crippen LogP contribution is 2.37. The zero-order valence-electron chi connectivity index (χ0n) is 25.8. The SMILES string of the molecule is N#Cc1ccc(-c2ccc3cc(-c4cc(-c5ccc(-c6ccc(C#N)cc6)c6ccccc56)nc(-c5ccccc5)n4)ccc3c2)cc1. The monoisotopic (exact) mass is 610 g/mol. The van der Waals surface area contributed by atoms with Crippen LogP contribution in [0.15, 0.2) is 158 Å². The molecule has 4 nitrogen and oxygen atoms in total. The highest BCUT2D eigenvalue weighted by molar-refractivity contribution is 6.05. The Morgan fingerprint density at radius 2 is 0.896 bits per heavy atom. The first-order valence-electron chi connectivity index (χ1n) is 15.7. The van der Waals surface area contributed by atoms with Gasteiger partial charge in [-0.05, 0) is 86.3 Å². The minimum atomic E-state index is 0.641. The molecule has 8 rings (SSSR count). The lowest BCUT2D eigenvalue weighted by molar-refractivity contribution is 1.19. The minimum Gasteiger partial charge on any atom is -0.228 e. The largest absolute Gasteiger partial charge is 0.228 e. The van der Waals surface area contributed by atoms with Crippen LogP contribution in [0.1, 0.15) is 11.1 Å². The van der Waals surface area contributed by atoms with Crippen LogP contribution in [0.4, 0.5) is 0 Å². The molecule has 1 aromatic heterocycles. The van der Waals surface area contributed by atoms with Crippen LogP contribution in [0, 0.1) is 22.7 Å². The molecule has 1 heterocycles. The molecular weight excluding hydrogens is 585 g/mol. The molecule has 0 radical (unpaired) electrons. The van der Waals surface area contributed by atoms with Crippen LogP contribution >= 0.6 is 0 Å². The van der Waals surface area contributed by atoms with Crippen LogP contribution in [0.3, 0.4) is 0 Å². The Labute approximate surface area is 278 Å². The average molecular weight is 611 g/mol. The molecule has 0 aliphatic rings. The van der Waals surface area contributed by atoms with Crippen molar-refractivity contribution in [3.05, 3.63) is 169 Å². The van der Waals surface area contributed by atoms with Crippen molar-refractivity contribution in [2.75, 3.05) is 0 Å². The number of aromatic nitrogens is 2. The normalized spacial score (nSPS) is 10.9. The molecule has 0 bridgehead atoms. The van der Waals surface area contributed by atoms with E-state index >= 15 is 0 Å². The maximum Gasteiger partial charge on any atom is 0.160 e. The Hall–Kier alpha value is -6.88. The summed E-state index contributed by atoms with van der Waals surface area (Å²) < 4.78 is 0. The second-order valence-electron chi connectivity index (χ2n) is 11.7. The molecule has 0 unspecified atom stereocenters. The minimum absolute atomic E-state index is 0.641. The van der Waals surface area contributed by atoms with Gasteiger partial charge in [-0.25, -0.2) is 9.97 Å². The zero-order valence-corrected chi connectivity index (χ0v) is 25.8. The van der Waals surface area contributed by atoms with E-state index in [0.717, 1.165) is 71.9 Å². The lowest BCUT2D eigenvalue weighted by atomic mass is 9.93. The van der Waals surface area contributed by atoms with Gasteiger partial charge in [0.2, 0.25) is 0 Å². The van der Waals surface area contributed by atoms with E-state index in [1.54, 1.807) is 0 Å². The molecular formula is C44H26N4. The van der Waals surface area contributed by atoms with Crippen molar-refractivity contribution in [3.63, 3.8) is 0 Å². The number of hydrogen-bond donors (Lipinski definition) is 0. The van der Waals surface area contributed by atoms with Gasteiger partial charge in [-0.1, -0.05) is 115 Å². The molecule has 0 saturated heterocycles. The standard InChI is InChI=1S/C44H26N4/c45-27-29-10-14-31(15-11-29)34-18-19-36-25-37(21-20-35(36)24-34)42-26-43(48-44(47-42)33-6-2-1-3-7-33)41-23-22-38(39-8-4-5-9-40(39)41)32-16-12-30(28-46)13-17-32/h1-26H. The van der Waals surface area contributed by atoms with Crippen LogP contribution < -0.4 is 0 Å². The first-order chi connectivity index (χ1) is 23.7. The van der Waals surface area contributed by atoms with Crippen LogP contribution in [-0.2, 0) is 0 Å². The molecule has 4 heteroatoms. The smallest absolute Gasteiger partial charge is 0.160 e. The number of nitriles is 2. The first kappa shape index (κ1) is 28.6. The number of nitrogens with zero attached hydrogens (tertiary/aromatic N) is 4. The Bertz CT molecular complexity index is 2560. The first-order valence-corrected chi connectivity index (χ1v) is 15.7. The quantitative estimate of drug-likeness (QED) is 0.194. The molecule has 0 atom stereocenters. The summed E-state index contributed by atoms with van der Waals surface area (Å²) in [5.74, 6) is 0.666. The fourth-order valence-electron chi connectivity index (χ4n) is 6.27. The van der Waals surface area contributed by atoms with Gasteiger partial charge in [-0.3, -0.25) is 0 Å². The Morgan fingerprint density at radius 3 is 1.56 bits per heavy atom. The maximum absolute atomic E-state index is 9.29. The van der Waals surface area contributed by atoms with E-state index < -0.39 is 0 Å². The number of benzene rings is 7. The molecule has 0 spiro atoms. The van der Waals surface area contributed by atoms with Gasteiger partial charge in [0.05, 0.1) is 34.7 Å². The van der Waals surface area contributed by atoms with Crippen molar-refractivity contribution < 1.29 is 0 Å². The molecule has 7 aromatic carbocycles. The molecule has 48 heavy (non-hydrogen) atoms. The lowest BCUT2D eigenvalue weighted by Gasteiger charge is -2.14. The average Bonchev–Trinajstić information content (AvgIpc) is 3.17. The summed E-state index contributed by atoms with van der Waals surface area (Å²) in [6, 6.07) is 57.6. The molecule has 0 saturated carbocycles. The second kappa shape index (κ2) is 12.1. The van der Waals surface area contributed by atoms with Crippen molar-refractivity contribution in [1.82, 2.24) is 9.97 Å². The van der Waals surface area contributed by atoms with E-state index in [0.29, 0.717) is 17.0 Å². The predicted molar refractivity (Wildman–Crippen MR) is 194 cm³/mol. The summed E-state index contributed by atoms with van der Waals surface area (Å²) in [5.41, 5.74) is 10.3. The molecule has 0 amide bonds. The van der Waals surface area contributed by atoms with Gasteiger partial charge in [-0.2, -0.15) is 10.5 Å². The summed E-state index contributed by atoms with van der Waals surface area (Å²) in [7, 11) is 0. The summed E-state index contributed by atoms with van der Waals surface area (Å²) in [4.78, 5) is 10.2. The van der Waals surface area contributed by atoms with Gasteiger partial charge in [-0.15, -0.1) is 0 Å². The lowest BCUT2D eigenvalue weighted by Crippen LogP contribution is -1.97. The third kappa shape index (κ3) is 5.35. The van der Waals surface area contributed by atoms with Gasteiger partial charge in [0.25, 0.3) is 0 Å². The molecule has 0 aliphatic carbocycles. The van der Waals surface area contributed by atoms with Gasteiger partial charge < -0.3 is 0 Å². The third-order valence-corrected chi connectivity index (χ3v) is 8.77. The fraction of sp³-hybridized carbons (Fsp3) is 0. The van der Waals surface area contributed by atoms with E-state index in [9.17, 15) is 10.5 Å². The van der Waals surface area contributed by atoms with Crippen molar-refractivity contribution in [2.24, 2.45) is 0 Å². The topological polar surface area (TPSA) is 73.4 Å². The van der Waals surface area contributed by atoms with Crippen LogP contribution in [0.25, 0.3) is 77.7 Å². The van der Waals surface area contributed by atoms with Gasteiger partial charge in [0, 0.05) is 16.7 Å². The molecule has 0 N–H and O–H groups in total. The van der Waals surface area contributed by atoms with Crippen LogP contribution in [-0.4, -0.2) is 9.97 Å². The van der Waals surface area contributed by atoms with E-state index in [1.165, 1.54) is 0 Å². The van der Waals surface area contributed by atoms with Gasteiger partial charge >= 0.3 is 0 Å². The Balaban J connectivity index is 1.25. The molecule has 8 aromatic rings. The van der Waals surface area contributed by atoms with Crippen molar-refractivity contribution in [1.29, 1.82) is 10.5 Å². The Kier molecular flexibility index (Phi) is 7.23. The third-order valence-electron chi connectivity index (χ3n) is 8.77. The molecule has 0 aliphatic heterocycles. The van der Waals surface area contributed by atoms with Crippen molar-refractivity contribution in [2.45, 2.75) is 0 Å². The van der Waals surface area contributed by atoms with E-state index in [1.807, 2.05) is 78.9 Å². The summed E-state index contributed by atoms with van der Waals surface area (Å²) >= 11 is 0. The van der Waals surface area contributed by atoms with Gasteiger partial charge in [0.15, 0.2) is 5.82 Å². The zero-order chi connectivity index (χ0) is 32.5. The number of rotatable bonds is 5. The summed E-state index contributed by atoms with van der Waals surface area (Å²) in [6.07, 6.45) is 0. The summed E-state index contributed by atoms with van der Waals surface area (Å²) in [6.45, 7) is 0. The van der Waals surface area contributed by atoms with Crippen LogP contribution in [0.2, 0.25) is 0 Å².